The van der Waals surface area contributed by atoms with Crippen molar-refractivity contribution < 1.29 is 0 Å². The summed E-state index contributed by atoms with van der Waals surface area (Å²) in [6.45, 7) is 7.36. The van der Waals surface area contributed by atoms with E-state index in [9.17, 15) is 0 Å². The molecule has 0 radical (unpaired) electrons. The van der Waals surface area contributed by atoms with Crippen molar-refractivity contribution in [3.63, 3.8) is 0 Å². The van der Waals surface area contributed by atoms with Crippen molar-refractivity contribution in [3.05, 3.63) is 25.1 Å². The van der Waals surface area contributed by atoms with Crippen molar-refractivity contribution in [1.82, 2.24) is 0 Å². The maximum atomic E-state index is 4.96. The van der Waals surface area contributed by atoms with Crippen LogP contribution in [0.3, 0.4) is 0 Å². The molecule has 2 heteroatoms. The van der Waals surface area contributed by atoms with Gasteiger partial charge in [-0.05, 0) is 12.3 Å². The monoisotopic (exact) mass is 126 g/mol. The van der Waals surface area contributed by atoms with E-state index < -0.39 is 0 Å². The number of nitrogens with two attached hydrogens (primary N) is 1. The molecule has 0 bridgehead atoms. The first-order valence-electron chi connectivity index (χ1n) is 2.92. The zero-order valence-corrected chi connectivity index (χ0v) is 6.04. The van der Waals surface area contributed by atoms with Crippen LogP contribution in [0.5, 0.6) is 0 Å². The third-order valence-corrected chi connectivity index (χ3v) is 0.389. The van der Waals surface area contributed by atoms with Crippen LogP contribution in [0.4, 0.5) is 0 Å². The summed E-state index contributed by atoms with van der Waals surface area (Å²) in [4.78, 5) is 3.63. The van der Waals surface area contributed by atoms with Crippen LogP contribution in [0.15, 0.2) is 30.0 Å². The summed E-state index contributed by atoms with van der Waals surface area (Å²) in [6, 6.07) is 0. The third-order valence-electron chi connectivity index (χ3n) is 0.389. The quantitative estimate of drug-likeness (QED) is 0.562. The van der Waals surface area contributed by atoms with Gasteiger partial charge in [-0.15, -0.1) is 0 Å². The van der Waals surface area contributed by atoms with Gasteiger partial charge in [0, 0.05) is 12.4 Å². The molecular weight excluding hydrogens is 112 g/mol. The van der Waals surface area contributed by atoms with Gasteiger partial charge >= 0.3 is 0 Å². The Bertz CT molecular complexity index is 93.1. The Hall–Kier alpha value is -1.05. The fourth-order valence-electron chi connectivity index (χ4n) is 0.160. The zero-order chi connectivity index (χ0) is 7.54. The SMILES string of the molecule is C=CN=C/C=C\N.CC. The van der Waals surface area contributed by atoms with Crippen LogP contribution in [0, 0.1) is 0 Å². The molecule has 0 aromatic heterocycles. The molecule has 0 heterocycles. The van der Waals surface area contributed by atoms with Crippen molar-refractivity contribution in [3.8, 4) is 0 Å². The van der Waals surface area contributed by atoms with Crippen LogP contribution < -0.4 is 5.73 Å². The van der Waals surface area contributed by atoms with Gasteiger partial charge in [0.1, 0.15) is 0 Å². The van der Waals surface area contributed by atoms with Crippen LogP contribution in [0.2, 0.25) is 0 Å². The summed E-state index contributed by atoms with van der Waals surface area (Å²) in [5, 5.41) is 0. The predicted molar refractivity (Wildman–Crippen MR) is 43.4 cm³/mol. The number of allylic oxidation sites excluding steroid dienone is 1. The minimum Gasteiger partial charge on any atom is -0.405 e. The largest absolute Gasteiger partial charge is 0.405 e. The molecule has 0 amide bonds. The van der Waals surface area contributed by atoms with Crippen molar-refractivity contribution >= 4 is 6.21 Å². The Labute approximate surface area is 56.8 Å². The van der Waals surface area contributed by atoms with Crippen LogP contribution >= 0.6 is 0 Å². The third kappa shape index (κ3) is 19.6. The second-order valence-electron chi connectivity index (χ2n) is 0.866. The lowest BCUT2D eigenvalue weighted by atomic mass is 10.7. The average molecular weight is 126 g/mol. The minimum absolute atomic E-state index is 1.41. The van der Waals surface area contributed by atoms with E-state index in [1.54, 1.807) is 12.3 Å². The molecule has 0 aliphatic rings. The second kappa shape index (κ2) is 15.8. The maximum absolute atomic E-state index is 4.96. The van der Waals surface area contributed by atoms with Gasteiger partial charge in [0.05, 0.1) is 0 Å². The van der Waals surface area contributed by atoms with Crippen LogP contribution in [0.1, 0.15) is 13.8 Å². The number of aliphatic imine (C=N–C) groups is 1. The summed E-state index contributed by atoms with van der Waals surface area (Å²) >= 11 is 0. The molecule has 0 aliphatic heterocycles. The first-order valence-corrected chi connectivity index (χ1v) is 2.92. The van der Waals surface area contributed by atoms with E-state index in [2.05, 4.69) is 11.6 Å². The van der Waals surface area contributed by atoms with E-state index in [0.717, 1.165) is 0 Å². The highest BCUT2D eigenvalue weighted by atomic mass is 14.6. The van der Waals surface area contributed by atoms with E-state index in [1.165, 1.54) is 12.4 Å². The number of rotatable bonds is 2. The predicted octanol–water partition coefficient (Wildman–Crippen LogP) is 1.70. The number of hydrogen-bond acceptors (Lipinski definition) is 2. The molecule has 2 N–H and O–H groups in total. The molecule has 0 aromatic rings. The van der Waals surface area contributed by atoms with Gasteiger partial charge in [0.25, 0.3) is 0 Å². The zero-order valence-electron chi connectivity index (χ0n) is 6.04. The van der Waals surface area contributed by atoms with E-state index in [0.29, 0.717) is 0 Å². The maximum Gasteiger partial charge on any atom is 0.0281 e. The lowest BCUT2D eigenvalue weighted by Gasteiger charge is -1.66. The molecule has 0 unspecified atom stereocenters. The average Bonchev–Trinajstić information content (AvgIpc) is 1.94. The Morgan fingerprint density at radius 3 is 2.33 bits per heavy atom. The first kappa shape index (κ1) is 10.8. The van der Waals surface area contributed by atoms with Crippen molar-refractivity contribution in [2.75, 3.05) is 0 Å². The Balaban J connectivity index is 0. The lowest BCUT2D eigenvalue weighted by Crippen LogP contribution is -1.74. The van der Waals surface area contributed by atoms with Crippen LogP contribution in [0.25, 0.3) is 0 Å². The molecular formula is C7H14N2. The summed E-state index contributed by atoms with van der Waals surface area (Å²) in [5.41, 5.74) is 4.96. The highest BCUT2D eigenvalue weighted by Gasteiger charge is 1.52. The Kier molecular flexibility index (Phi) is 19.0. The van der Waals surface area contributed by atoms with Crippen molar-refractivity contribution in [2.24, 2.45) is 10.7 Å². The van der Waals surface area contributed by atoms with Crippen LogP contribution in [-0.4, -0.2) is 6.21 Å². The molecule has 0 rings (SSSR count). The summed E-state index contributed by atoms with van der Waals surface area (Å²) < 4.78 is 0. The fourth-order valence-corrected chi connectivity index (χ4v) is 0.160. The summed E-state index contributed by atoms with van der Waals surface area (Å²) in [6.07, 6.45) is 6.04. The Morgan fingerprint density at radius 2 is 2.00 bits per heavy atom. The van der Waals surface area contributed by atoms with Gasteiger partial charge in [0.15, 0.2) is 0 Å². The molecule has 0 atom stereocenters. The van der Waals surface area contributed by atoms with E-state index >= 15 is 0 Å². The second-order valence-corrected chi connectivity index (χ2v) is 0.866. The van der Waals surface area contributed by atoms with E-state index in [-0.39, 0.29) is 0 Å². The smallest absolute Gasteiger partial charge is 0.0281 e. The molecule has 9 heavy (non-hydrogen) atoms. The van der Waals surface area contributed by atoms with Gasteiger partial charge < -0.3 is 5.73 Å². The van der Waals surface area contributed by atoms with Gasteiger partial charge in [0.2, 0.25) is 0 Å². The van der Waals surface area contributed by atoms with Crippen LogP contribution in [-0.2, 0) is 0 Å². The van der Waals surface area contributed by atoms with Gasteiger partial charge in [-0.2, -0.15) is 0 Å². The lowest BCUT2D eigenvalue weighted by molar-refractivity contribution is 1.50. The van der Waals surface area contributed by atoms with Gasteiger partial charge in [-0.25, -0.2) is 0 Å². The summed E-state index contributed by atoms with van der Waals surface area (Å²) in [5.74, 6) is 0. The molecule has 2 nitrogen and oxygen atoms in total. The standard InChI is InChI=1S/C5H8N2.C2H6/c1-2-7-5-3-4-6;1-2/h2-5H,1,6H2;1-2H3/b4-3-,7-5?;. The minimum atomic E-state index is 1.41. The molecule has 0 saturated carbocycles. The van der Waals surface area contributed by atoms with Gasteiger partial charge in [-0.3, -0.25) is 4.99 Å². The molecule has 0 spiro atoms. The summed E-state index contributed by atoms with van der Waals surface area (Å²) in [7, 11) is 0. The molecule has 0 aromatic carbocycles. The number of nitrogens with zero attached hydrogens (tertiary/aromatic N) is 1. The molecule has 0 fully saturated rings. The molecule has 0 saturated heterocycles. The normalized spacial score (nSPS) is 9.11. The van der Waals surface area contributed by atoms with E-state index in [4.69, 9.17) is 5.73 Å². The highest BCUT2D eigenvalue weighted by Crippen LogP contribution is 1.63. The molecule has 52 valence electrons. The fraction of sp³-hybridized carbons (Fsp3) is 0.286. The number of hydrogen-bond donors (Lipinski definition) is 1. The van der Waals surface area contributed by atoms with Gasteiger partial charge in [-0.1, -0.05) is 20.4 Å². The van der Waals surface area contributed by atoms with E-state index in [1.807, 2.05) is 13.8 Å². The van der Waals surface area contributed by atoms with Crippen molar-refractivity contribution in [1.29, 1.82) is 0 Å². The Morgan fingerprint density at radius 1 is 1.44 bits per heavy atom. The van der Waals surface area contributed by atoms with Crippen molar-refractivity contribution in [2.45, 2.75) is 13.8 Å². The molecule has 0 aliphatic carbocycles. The first-order chi connectivity index (χ1) is 4.41. The topological polar surface area (TPSA) is 38.4 Å². The highest BCUT2D eigenvalue weighted by molar-refractivity contribution is 5.71.